The number of aryl methyl sites for hydroxylation is 1. The van der Waals surface area contributed by atoms with Gasteiger partial charge in [0.15, 0.2) is 0 Å². The van der Waals surface area contributed by atoms with Gasteiger partial charge in [-0.2, -0.15) is 0 Å². The van der Waals surface area contributed by atoms with Gasteiger partial charge >= 0.3 is 0 Å². The number of nitrogens with two attached hydrogens (primary N) is 1. The largest absolute Gasteiger partial charge is 0.398 e. The Kier molecular flexibility index (Phi) is 3.28. The fourth-order valence-corrected chi connectivity index (χ4v) is 3.47. The summed E-state index contributed by atoms with van der Waals surface area (Å²) < 4.78 is 1.26. The van der Waals surface area contributed by atoms with Gasteiger partial charge in [-0.3, -0.25) is 0 Å². The minimum Gasteiger partial charge on any atom is -0.398 e. The quantitative estimate of drug-likeness (QED) is 0.529. The van der Waals surface area contributed by atoms with Gasteiger partial charge in [0.05, 0.1) is 0 Å². The van der Waals surface area contributed by atoms with Crippen LogP contribution in [0.5, 0.6) is 0 Å². The van der Waals surface area contributed by atoms with E-state index in [0.717, 1.165) is 17.5 Å². The van der Waals surface area contributed by atoms with Gasteiger partial charge in [0, 0.05) is 32.6 Å². The van der Waals surface area contributed by atoms with Crippen molar-refractivity contribution in [2.45, 2.75) is 13.3 Å². The Labute approximate surface area is 122 Å². The van der Waals surface area contributed by atoms with E-state index in [9.17, 15) is 0 Å². The maximum Gasteiger partial charge on any atom is 0.0491 e. The van der Waals surface area contributed by atoms with Crippen LogP contribution >= 0.6 is 11.3 Å². The predicted molar refractivity (Wildman–Crippen MR) is 88.9 cm³/mol. The Morgan fingerprint density at radius 2 is 2.00 bits per heavy atom. The number of hydrogen-bond acceptors (Lipinski definition) is 3. The summed E-state index contributed by atoms with van der Waals surface area (Å²) in [6.45, 7) is 2.12. The normalized spacial score (nSPS) is 10.8. The molecule has 0 aliphatic carbocycles. The lowest BCUT2D eigenvalue weighted by molar-refractivity contribution is 1.14. The Morgan fingerprint density at radius 1 is 1.20 bits per heavy atom. The number of thiophene rings is 1. The summed E-state index contributed by atoms with van der Waals surface area (Å²) in [5, 5.41) is 8.76. The van der Waals surface area contributed by atoms with Crippen LogP contribution in [0, 0.1) is 5.41 Å². The molecule has 3 rings (SSSR count). The fourth-order valence-electron chi connectivity index (χ4n) is 2.38. The number of anilines is 1. The standard InChI is InChI=1S/C17H16N2S/c1-2-11-7-13(10-18)17(19)14(8-11)16-9-12-5-3-4-6-15(12)20-16/h3-10,18H,2,19H2,1H3. The topological polar surface area (TPSA) is 49.9 Å². The summed E-state index contributed by atoms with van der Waals surface area (Å²) in [5.41, 5.74) is 9.99. The van der Waals surface area contributed by atoms with Gasteiger partial charge in [0.2, 0.25) is 0 Å². The van der Waals surface area contributed by atoms with E-state index in [2.05, 4.69) is 37.3 Å². The predicted octanol–water partition coefficient (Wildman–Crippen LogP) is 4.71. The van der Waals surface area contributed by atoms with Crippen molar-refractivity contribution in [2.24, 2.45) is 0 Å². The Balaban J connectivity index is 2.24. The van der Waals surface area contributed by atoms with E-state index in [4.69, 9.17) is 11.1 Å². The first-order chi connectivity index (χ1) is 9.72. The number of hydrogen-bond donors (Lipinski definition) is 2. The van der Waals surface area contributed by atoms with E-state index in [1.54, 1.807) is 11.3 Å². The molecule has 100 valence electrons. The van der Waals surface area contributed by atoms with E-state index >= 15 is 0 Å². The van der Waals surface area contributed by atoms with Crippen LogP contribution in [0.15, 0.2) is 42.5 Å². The zero-order valence-electron chi connectivity index (χ0n) is 11.3. The van der Waals surface area contributed by atoms with Crippen LogP contribution in [-0.4, -0.2) is 6.21 Å². The molecule has 0 spiro atoms. The molecule has 3 heteroatoms. The molecule has 0 amide bonds. The summed E-state index contributed by atoms with van der Waals surface area (Å²) in [6, 6.07) is 14.7. The molecule has 0 bridgehead atoms. The molecule has 2 nitrogen and oxygen atoms in total. The third-order valence-corrected chi connectivity index (χ3v) is 4.68. The minimum absolute atomic E-state index is 0.698. The van der Waals surface area contributed by atoms with E-state index in [-0.39, 0.29) is 0 Å². The summed E-state index contributed by atoms with van der Waals surface area (Å²) in [4.78, 5) is 1.17. The molecular formula is C17H16N2S. The SMILES string of the molecule is CCc1cc(C=N)c(N)c(-c2cc3ccccc3s2)c1. The van der Waals surface area contributed by atoms with Gasteiger partial charge in [-0.15, -0.1) is 11.3 Å². The van der Waals surface area contributed by atoms with Gasteiger partial charge in [0.25, 0.3) is 0 Å². The smallest absolute Gasteiger partial charge is 0.0491 e. The van der Waals surface area contributed by atoms with Gasteiger partial charge in [-0.05, 0) is 41.6 Å². The monoisotopic (exact) mass is 280 g/mol. The third-order valence-electron chi connectivity index (χ3n) is 3.53. The molecule has 0 saturated carbocycles. The first-order valence-electron chi connectivity index (χ1n) is 6.64. The molecule has 1 heterocycles. The lowest BCUT2D eigenvalue weighted by atomic mass is 10.0. The van der Waals surface area contributed by atoms with Gasteiger partial charge < -0.3 is 11.1 Å². The van der Waals surface area contributed by atoms with Crippen molar-refractivity contribution in [3.63, 3.8) is 0 Å². The number of nitrogen functional groups attached to an aromatic ring is 1. The van der Waals surface area contributed by atoms with E-state index in [1.807, 2.05) is 12.1 Å². The maximum absolute atomic E-state index is 7.52. The van der Waals surface area contributed by atoms with E-state index < -0.39 is 0 Å². The highest BCUT2D eigenvalue weighted by molar-refractivity contribution is 7.22. The Hall–Kier alpha value is -2.13. The van der Waals surface area contributed by atoms with Crippen molar-refractivity contribution >= 4 is 33.3 Å². The molecule has 0 unspecified atom stereocenters. The molecule has 0 aliphatic rings. The summed E-state index contributed by atoms with van der Waals surface area (Å²) in [5.74, 6) is 0. The van der Waals surface area contributed by atoms with Crippen molar-refractivity contribution in [2.75, 3.05) is 5.73 Å². The molecule has 0 atom stereocenters. The van der Waals surface area contributed by atoms with Crippen molar-refractivity contribution in [3.05, 3.63) is 53.6 Å². The summed E-state index contributed by atoms with van der Waals surface area (Å²) in [6.07, 6.45) is 2.28. The third kappa shape index (κ3) is 2.10. The van der Waals surface area contributed by atoms with E-state index in [1.165, 1.54) is 26.7 Å². The molecule has 0 radical (unpaired) electrons. The molecule has 0 fully saturated rings. The minimum atomic E-state index is 0.698. The van der Waals surface area contributed by atoms with E-state index in [0.29, 0.717) is 5.69 Å². The van der Waals surface area contributed by atoms with Crippen LogP contribution in [-0.2, 0) is 6.42 Å². The Morgan fingerprint density at radius 3 is 2.70 bits per heavy atom. The molecule has 3 N–H and O–H groups in total. The number of nitrogens with one attached hydrogen (secondary N) is 1. The van der Waals surface area contributed by atoms with Gasteiger partial charge in [-0.25, -0.2) is 0 Å². The van der Waals surface area contributed by atoms with Crippen molar-refractivity contribution in [3.8, 4) is 10.4 Å². The number of rotatable bonds is 3. The second kappa shape index (κ2) is 5.10. The molecule has 20 heavy (non-hydrogen) atoms. The molecule has 3 aromatic rings. The number of benzene rings is 2. The van der Waals surface area contributed by atoms with Crippen LogP contribution in [0.1, 0.15) is 18.1 Å². The lowest BCUT2D eigenvalue weighted by Gasteiger charge is -2.09. The lowest BCUT2D eigenvalue weighted by Crippen LogP contribution is -1.98. The zero-order valence-corrected chi connectivity index (χ0v) is 12.1. The fraction of sp³-hybridized carbons (Fsp3) is 0.118. The molecule has 0 saturated heterocycles. The average Bonchev–Trinajstić information content (AvgIpc) is 2.91. The first kappa shape index (κ1) is 12.9. The first-order valence-corrected chi connectivity index (χ1v) is 7.46. The molecular weight excluding hydrogens is 264 g/mol. The molecule has 1 aromatic heterocycles. The summed E-state index contributed by atoms with van der Waals surface area (Å²) >= 11 is 1.75. The molecule has 0 aliphatic heterocycles. The highest BCUT2D eigenvalue weighted by atomic mass is 32.1. The van der Waals surface area contributed by atoms with Crippen LogP contribution in [0.25, 0.3) is 20.5 Å². The van der Waals surface area contributed by atoms with Crippen molar-refractivity contribution < 1.29 is 0 Å². The second-order valence-electron chi connectivity index (χ2n) is 4.79. The Bertz CT molecular complexity index is 754. The van der Waals surface area contributed by atoms with Crippen LogP contribution in [0.4, 0.5) is 5.69 Å². The van der Waals surface area contributed by atoms with Gasteiger partial charge in [0.1, 0.15) is 0 Å². The van der Waals surface area contributed by atoms with Crippen LogP contribution in [0.3, 0.4) is 0 Å². The van der Waals surface area contributed by atoms with Gasteiger partial charge in [-0.1, -0.05) is 25.1 Å². The van der Waals surface area contributed by atoms with Crippen molar-refractivity contribution in [1.82, 2.24) is 0 Å². The van der Waals surface area contributed by atoms with Crippen LogP contribution < -0.4 is 5.73 Å². The van der Waals surface area contributed by atoms with Crippen molar-refractivity contribution in [1.29, 1.82) is 5.41 Å². The molecule has 2 aromatic carbocycles. The zero-order chi connectivity index (χ0) is 14.1. The summed E-state index contributed by atoms with van der Waals surface area (Å²) in [7, 11) is 0. The highest BCUT2D eigenvalue weighted by Gasteiger charge is 2.11. The number of fused-ring (bicyclic) bond motifs is 1. The van der Waals surface area contributed by atoms with Crippen LogP contribution in [0.2, 0.25) is 0 Å². The highest BCUT2D eigenvalue weighted by Crippen LogP contribution is 2.37. The maximum atomic E-state index is 7.52. The second-order valence-corrected chi connectivity index (χ2v) is 5.88. The average molecular weight is 280 g/mol.